The number of hydrogen-bond acceptors (Lipinski definition) is 1. The Morgan fingerprint density at radius 3 is 1.54 bits per heavy atom. The molecule has 46 heavy (non-hydrogen) atoms. The molecule has 2 nitrogen and oxygen atoms in total. The summed E-state index contributed by atoms with van der Waals surface area (Å²) in [6.07, 6.45) is 35.8. The van der Waals surface area contributed by atoms with Crippen LogP contribution in [-0.2, 0) is 18.4 Å². The van der Waals surface area contributed by atoms with E-state index in [0.29, 0.717) is 5.92 Å². The molecule has 0 spiro atoms. The van der Waals surface area contributed by atoms with Gasteiger partial charge in [0.25, 0.3) is 0 Å². The van der Waals surface area contributed by atoms with Gasteiger partial charge >= 0.3 is 0 Å². The van der Waals surface area contributed by atoms with Gasteiger partial charge in [0, 0.05) is 30.3 Å². The first kappa shape index (κ1) is 38.1. The van der Waals surface area contributed by atoms with E-state index < -0.39 is 0 Å². The second-order valence-electron chi connectivity index (χ2n) is 14.5. The average molecular weight is 627 g/mol. The number of aromatic nitrogens is 2. The fourth-order valence-electron chi connectivity index (χ4n) is 7.60. The van der Waals surface area contributed by atoms with Gasteiger partial charge in [-0.2, -0.15) is 0 Å². The van der Waals surface area contributed by atoms with E-state index in [1.165, 1.54) is 158 Å². The number of rotatable bonds is 28. The molecule has 0 aliphatic rings. The third kappa shape index (κ3) is 14.2. The molecule has 0 saturated carbocycles. The van der Waals surface area contributed by atoms with E-state index >= 15 is 0 Å². The molecule has 3 rings (SSSR count). The van der Waals surface area contributed by atoms with Gasteiger partial charge in [0.1, 0.15) is 5.82 Å². The predicted octanol–water partition coefficient (Wildman–Crippen LogP) is 13.8. The molecule has 0 N–H and O–H groups in total. The Bertz CT molecular complexity index is 1100. The second-order valence-corrected chi connectivity index (χ2v) is 14.5. The summed E-state index contributed by atoms with van der Waals surface area (Å²) >= 11 is 0. The zero-order valence-electron chi connectivity index (χ0n) is 30.4. The normalized spacial score (nSPS) is 13.5. The first-order chi connectivity index (χ1) is 22.7. The zero-order chi connectivity index (χ0) is 32.5. The third-order valence-electron chi connectivity index (χ3n) is 10.5. The Hall–Kier alpha value is -2.35. The minimum absolute atomic E-state index is 0.0236. The fraction of sp³-hybridized carbons (Fsp3) is 0.659. The molecular weight excluding hydrogens is 556 g/mol. The molecule has 256 valence electrons. The van der Waals surface area contributed by atoms with Crippen molar-refractivity contribution >= 4 is 0 Å². The molecule has 1 aromatic heterocycles. The summed E-state index contributed by atoms with van der Waals surface area (Å²) in [4.78, 5) is 5.11. The van der Waals surface area contributed by atoms with Crippen LogP contribution in [0.1, 0.15) is 185 Å². The molecule has 0 saturated heterocycles. The van der Waals surface area contributed by atoms with Crippen LogP contribution in [0, 0.1) is 0 Å². The predicted molar refractivity (Wildman–Crippen MR) is 202 cm³/mol. The number of nitrogens with zero attached hydrogens (tertiary/aromatic N) is 2. The minimum atomic E-state index is -0.0236. The van der Waals surface area contributed by atoms with Gasteiger partial charge in [-0.1, -0.05) is 210 Å². The Labute approximate surface area is 285 Å². The summed E-state index contributed by atoms with van der Waals surface area (Å²) in [5.74, 6) is 1.68. The zero-order valence-corrected chi connectivity index (χ0v) is 30.4. The average Bonchev–Trinajstić information content (AvgIpc) is 3.55. The number of hydrogen-bond donors (Lipinski definition) is 0. The number of aryl methyl sites for hydroxylation is 1. The molecule has 0 aliphatic heterocycles. The van der Waals surface area contributed by atoms with Gasteiger partial charge in [0.15, 0.2) is 0 Å². The minimum Gasteiger partial charge on any atom is -0.335 e. The number of unbranched alkanes of at least 4 members (excludes halogenated alkanes) is 19. The van der Waals surface area contributed by atoms with Crippen molar-refractivity contribution in [1.82, 2.24) is 9.55 Å². The maximum absolute atomic E-state index is 5.11. The first-order valence-electron chi connectivity index (χ1n) is 19.8. The van der Waals surface area contributed by atoms with Gasteiger partial charge in [-0.05, 0) is 30.4 Å². The van der Waals surface area contributed by atoms with Crippen molar-refractivity contribution in [3.63, 3.8) is 0 Å². The lowest BCUT2D eigenvalue weighted by Crippen LogP contribution is -2.35. The highest BCUT2D eigenvalue weighted by Gasteiger charge is 2.39. The smallest absolute Gasteiger partial charge is 0.112 e. The van der Waals surface area contributed by atoms with Gasteiger partial charge in [-0.15, -0.1) is 0 Å². The van der Waals surface area contributed by atoms with E-state index in [0.717, 1.165) is 13.0 Å². The van der Waals surface area contributed by atoms with Crippen molar-refractivity contribution in [2.45, 2.75) is 186 Å². The van der Waals surface area contributed by atoms with Crippen LogP contribution in [0.5, 0.6) is 0 Å². The molecule has 2 aromatic carbocycles. The molecule has 2 unspecified atom stereocenters. The highest BCUT2D eigenvalue weighted by molar-refractivity contribution is 5.33. The molecule has 0 aliphatic carbocycles. The van der Waals surface area contributed by atoms with Crippen LogP contribution in [0.15, 0.2) is 73.1 Å². The van der Waals surface area contributed by atoms with Crippen molar-refractivity contribution < 1.29 is 0 Å². The van der Waals surface area contributed by atoms with E-state index in [-0.39, 0.29) is 5.41 Å². The second kappa shape index (κ2) is 23.9. The van der Waals surface area contributed by atoms with Crippen molar-refractivity contribution in [2.75, 3.05) is 0 Å². The van der Waals surface area contributed by atoms with Crippen LogP contribution < -0.4 is 0 Å². The van der Waals surface area contributed by atoms with Crippen molar-refractivity contribution in [1.29, 1.82) is 0 Å². The van der Waals surface area contributed by atoms with Gasteiger partial charge in [-0.25, -0.2) is 4.98 Å². The molecule has 0 fully saturated rings. The van der Waals surface area contributed by atoms with Crippen molar-refractivity contribution in [3.8, 4) is 0 Å². The summed E-state index contributed by atoms with van der Waals surface area (Å²) in [5.41, 5.74) is 2.84. The van der Waals surface area contributed by atoms with Crippen molar-refractivity contribution in [3.05, 3.63) is 90.0 Å². The topological polar surface area (TPSA) is 17.8 Å². The summed E-state index contributed by atoms with van der Waals surface area (Å²) in [6.45, 7) is 8.21. The van der Waals surface area contributed by atoms with Crippen LogP contribution in [0.4, 0.5) is 0 Å². The first-order valence-corrected chi connectivity index (χ1v) is 19.8. The quantitative estimate of drug-likeness (QED) is 0.0733. The lowest BCUT2D eigenvalue weighted by Gasteiger charge is -2.39. The highest BCUT2D eigenvalue weighted by atomic mass is 15.1. The van der Waals surface area contributed by atoms with Crippen molar-refractivity contribution in [2.24, 2.45) is 0 Å². The van der Waals surface area contributed by atoms with Gasteiger partial charge in [0.05, 0.1) is 0 Å². The lowest BCUT2D eigenvalue weighted by atomic mass is 9.66. The molecule has 2 heteroatoms. The van der Waals surface area contributed by atoms with Crippen LogP contribution in [0.25, 0.3) is 0 Å². The molecule has 1 heterocycles. The van der Waals surface area contributed by atoms with Gasteiger partial charge in [0.2, 0.25) is 0 Å². The maximum Gasteiger partial charge on any atom is 0.112 e. The summed E-state index contributed by atoms with van der Waals surface area (Å²) in [7, 11) is 0. The Balaban J connectivity index is 1.51. The summed E-state index contributed by atoms with van der Waals surface area (Å²) in [6, 6.07) is 22.5. The largest absolute Gasteiger partial charge is 0.335 e. The van der Waals surface area contributed by atoms with Crippen LogP contribution in [-0.4, -0.2) is 9.55 Å². The van der Waals surface area contributed by atoms with Gasteiger partial charge in [-0.3, -0.25) is 0 Å². The third-order valence-corrected chi connectivity index (χ3v) is 10.5. The molecule has 0 amide bonds. The molecule has 2 atom stereocenters. The maximum atomic E-state index is 5.11. The molecule has 0 radical (unpaired) electrons. The van der Waals surface area contributed by atoms with Crippen LogP contribution >= 0.6 is 0 Å². The standard InChI is InChI=1S/C44H70N2/c1-4-6-8-10-11-12-13-14-15-16-17-18-19-20-21-22-29-35-42(43-45-36-38-46(43)37-30-9-7-5-2)44(3,41-33-27-24-28-34-41)39-40-31-25-23-26-32-40/h23-28,31-34,36,38,42H,4-22,29-30,35,37,39H2,1-3H3. The lowest BCUT2D eigenvalue weighted by molar-refractivity contribution is 0.321. The van der Waals surface area contributed by atoms with Crippen LogP contribution in [0.3, 0.4) is 0 Å². The van der Waals surface area contributed by atoms with E-state index in [2.05, 4.69) is 98.4 Å². The Morgan fingerprint density at radius 2 is 1.02 bits per heavy atom. The Morgan fingerprint density at radius 1 is 0.565 bits per heavy atom. The van der Waals surface area contributed by atoms with Gasteiger partial charge < -0.3 is 4.57 Å². The highest BCUT2D eigenvalue weighted by Crippen LogP contribution is 2.44. The summed E-state index contributed by atoms with van der Waals surface area (Å²) in [5, 5.41) is 0. The Kier molecular flexibility index (Phi) is 19.8. The SMILES string of the molecule is CCCCCCCCCCCCCCCCCCCC(c1nccn1CCCCCC)C(C)(Cc1ccccc1)c1ccccc1. The summed E-state index contributed by atoms with van der Waals surface area (Å²) < 4.78 is 2.50. The molecule has 3 aromatic rings. The number of imidazole rings is 1. The van der Waals surface area contributed by atoms with Crippen LogP contribution in [0.2, 0.25) is 0 Å². The van der Waals surface area contributed by atoms with E-state index in [9.17, 15) is 0 Å². The monoisotopic (exact) mass is 627 g/mol. The molecular formula is C44H70N2. The fourth-order valence-corrected chi connectivity index (χ4v) is 7.60. The van der Waals surface area contributed by atoms with E-state index in [4.69, 9.17) is 4.98 Å². The van der Waals surface area contributed by atoms with E-state index in [1.54, 1.807) is 0 Å². The van der Waals surface area contributed by atoms with E-state index in [1.807, 2.05) is 0 Å². The number of benzene rings is 2. The molecule has 0 bridgehead atoms.